The molecule has 0 radical (unpaired) electrons. The molecule has 8 nitrogen and oxygen atoms in total. The van der Waals surface area contributed by atoms with Gasteiger partial charge in [-0.2, -0.15) is 15.6 Å². The molecule has 8 heteroatoms. The molecule has 0 aliphatic rings. The molecule has 2 rings (SSSR count). The smallest absolute Gasteiger partial charge is 0.349 e. The summed E-state index contributed by atoms with van der Waals surface area (Å²) in [5.41, 5.74) is 1.67. The lowest BCUT2D eigenvalue weighted by molar-refractivity contribution is -0.147. The third-order valence-corrected chi connectivity index (χ3v) is 3.76. The highest BCUT2D eigenvalue weighted by molar-refractivity contribution is 5.99. The van der Waals surface area contributed by atoms with Gasteiger partial charge in [0.05, 0.1) is 24.7 Å². The van der Waals surface area contributed by atoms with Gasteiger partial charge in [0, 0.05) is 31.4 Å². The van der Waals surface area contributed by atoms with Gasteiger partial charge in [-0.15, -0.1) is 0 Å². The molecule has 1 aromatic heterocycles. The summed E-state index contributed by atoms with van der Waals surface area (Å²) in [6.07, 6.45) is 3.31. The van der Waals surface area contributed by atoms with E-state index in [1.54, 1.807) is 31.0 Å². The summed E-state index contributed by atoms with van der Waals surface area (Å²) >= 11 is 0. The Hall–Kier alpha value is -3.91. The third-order valence-electron chi connectivity index (χ3n) is 3.76. The molecule has 0 N–H and O–H groups in total. The number of likely N-dealkylation sites (N-methyl/N-ethyl adjacent to an activating group) is 1. The second-order valence-corrected chi connectivity index (χ2v) is 6.00. The van der Waals surface area contributed by atoms with Crippen LogP contribution in [0.5, 0.6) is 0 Å². The van der Waals surface area contributed by atoms with E-state index in [4.69, 9.17) is 10.00 Å². The van der Waals surface area contributed by atoms with Crippen molar-refractivity contribution in [3.63, 3.8) is 0 Å². The van der Waals surface area contributed by atoms with Crippen LogP contribution in [0.2, 0.25) is 0 Å². The molecule has 0 unspecified atom stereocenters. The number of esters is 1. The molecule has 0 saturated heterocycles. The van der Waals surface area contributed by atoms with Crippen LogP contribution in [-0.2, 0) is 20.9 Å². The SMILES string of the molecule is CN(C)C(=O)COC(=O)/C(C#N)=C/c1cn(CCC#N)nc1-c1ccccc1. The molecule has 2 aromatic rings. The van der Waals surface area contributed by atoms with Crippen LogP contribution < -0.4 is 0 Å². The standard InChI is InChI=1S/C20H19N5O3/c1-24(2)18(26)14-28-20(27)16(12-22)11-17-13-25(10-6-9-21)23-19(17)15-7-4-3-5-8-15/h3-5,7-8,11,13H,6,10,14H2,1-2H3/b16-11+. The van der Waals surface area contributed by atoms with Crippen molar-refractivity contribution >= 4 is 18.0 Å². The van der Waals surface area contributed by atoms with E-state index >= 15 is 0 Å². The molecule has 1 amide bonds. The average Bonchev–Trinajstić information content (AvgIpc) is 3.11. The predicted octanol–water partition coefficient (Wildman–Crippen LogP) is 2.00. The van der Waals surface area contributed by atoms with Gasteiger partial charge in [0.25, 0.3) is 5.91 Å². The zero-order valence-electron chi connectivity index (χ0n) is 15.6. The Balaban J connectivity index is 2.34. The van der Waals surface area contributed by atoms with Gasteiger partial charge in [-0.25, -0.2) is 4.79 Å². The number of aryl methyl sites for hydroxylation is 1. The first-order valence-corrected chi connectivity index (χ1v) is 8.45. The van der Waals surface area contributed by atoms with Crippen LogP contribution in [0.15, 0.2) is 42.1 Å². The van der Waals surface area contributed by atoms with Crippen LogP contribution in [0.25, 0.3) is 17.3 Å². The lowest BCUT2D eigenvalue weighted by Crippen LogP contribution is -2.27. The van der Waals surface area contributed by atoms with Crippen molar-refractivity contribution in [3.8, 4) is 23.4 Å². The second kappa shape index (κ2) is 9.70. The molecule has 28 heavy (non-hydrogen) atoms. The van der Waals surface area contributed by atoms with Crippen molar-refractivity contribution in [1.29, 1.82) is 10.5 Å². The topological polar surface area (TPSA) is 112 Å². The minimum absolute atomic E-state index is 0.247. The number of ether oxygens (including phenoxy) is 1. The van der Waals surface area contributed by atoms with Gasteiger partial charge in [0.2, 0.25) is 0 Å². The second-order valence-electron chi connectivity index (χ2n) is 6.00. The Kier molecular flexibility index (Phi) is 7.06. The van der Waals surface area contributed by atoms with E-state index in [-0.39, 0.29) is 17.9 Å². The molecule has 142 valence electrons. The summed E-state index contributed by atoms with van der Waals surface area (Å²) in [4.78, 5) is 25.0. The fourth-order valence-corrected chi connectivity index (χ4v) is 2.27. The van der Waals surface area contributed by atoms with E-state index in [1.165, 1.54) is 11.0 Å². The molecule has 0 bridgehead atoms. The van der Waals surface area contributed by atoms with E-state index in [2.05, 4.69) is 11.2 Å². The largest absolute Gasteiger partial charge is 0.451 e. The first-order valence-electron chi connectivity index (χ1n) is 8.45. The van der Waals surface area contributed by atoms with E-state index in [0.717, 1.165) is 5.56 Å². The summed E-state index contributed by atoms with van der Waals surface area (Å²) in [6.45, 7) is -0.0638. The molecule has 0 aliphatic carbocycles. The van der Waals surface area contributed by atoms with E-state index in [9.17, 15) is 14.9 Å². The molecule has 0 spiro atoms. The average molecular weight is 377 g/mol. The molecule has 1 aromatic carbocycles. The number of nitrogens with zero attached hydrogens (tertiary/aromatic N) is 5. The number of nitriles is 2. The maximum Gasteiger partial charge on any atom is 0.349 e. The lowest BCUT2D eigenvalue weighted by Gasteiger charge is -2.09. The monoisotopic (exact) mass is 377 g/mol. The van der Waals surface area contributed by atoms with Crippen LogP contribution in [0.1, 0.15) is 12.0 Å². The van der Waals surface area contributed by atoms with Crippen molar-refractivity contribution in [2.75, 3.05) is 20.7 Å². The van der Waals surface area contributed by atoms with Crippen LogP contribution >= 0.6 is 0 Å². The Labute approximate surface area is 162 Å². The molecule has 0 aliphatic heterocycles. The van der Waals surface area contributed by atoms with Crippen molar-refractivity contribution in [3.05, 3.63) is 47.7 Å². The molecular weight excluding hydrogens is 358 g/mol. The Morgan fingerprint density at radius 3 is 2.57 bits per heavy atom. The fourth-order valence-electron chi connectivity index (χ4n) is 2.27. The normalized spacial score (nSPS) is 10.6. The summed E-state index contributed by atoms with van der Waals surface area (Å²) in [6, 6.07) is 13.1. The van der Waals surface area contributed by atoms with Crippen molar-refractivity contribution in [1.82, 2.24) is 14.7 Å². The number of amides is 1. The van der Waals surface area contributed by atoms with E-state index < -0.39 is 12.6 Å². The summed E-state index contributed by atoms with van der Waals surface area (Å²) in [5.74, 6) is -1.28. The molecular formula is C20H19N5O3. The van der Waals surface area contributed by atoms with Crippen LogP contribution in [0.3, 0.4) is 0 Å². The van der Waals surface area contributed by atoms with Crippen molar-refractivity contribution < 1.29 is 14.3 Å². The van der Waals surface area contributed by atoms with Crippen molar-refractivity contribution in [2.45, 2.75) is 13.0 Å². The first kappa shape index (κ1) is 20.4. The number of hydrogen-bond acceptors (Lipinski definition) is 6. The molecule has 0 fully saturated rings. The quantitative estimate of drug-likeness (QED) is 0.414. The van der Waals surface area contributed by atoms with Crippen LogP contribution in [0, 0.1) is 22.7 Å². The van der Waals surface area contributed by atoms with Gasteiger partial charge in [0.1, 0.15) is 11.6 Å². The minimum Gasteiger partial charge on any atom is -0.451 e. The Morgan fingerprint density at radius 1 is 1.25 bits per heavy atom. The molecule has 0 saturated carbocycles. The van der Waals surface area contributed by atoms with Crippen LogP contribution in [-0.4, -0.2) is 47.3 Å². The Bertz CT molecular complexity index is 962. The van der Waals surface area contributed by atoms with Gasteiger partial charge in [-0.1, -0.05) is 30.3 Å². The van der Waals surface area contributed by atoms with Gasteiger partial charge in [-0.05, 0) is 6.08 Å². The maximum absolute atomic E-state index is 12.2. The minimum atomic E-state index is -0.888. The highest BCUT2D eigenvalue weighted by atomic mass is 16.5. The summed E-state index contributed by atoms with van der Waals surface area (Å²) in [5, 5.41) is 22.6. The van der Waals surface area contributed by atoms with Crippen LogP contribution in [0.4, 0.5) is 0 Å². The zero-order valence-corrected chi connectivity index (χ0v) is 15.6. The van der Waals surface area contributed by atoms with Gasteiger partial charge >= 0.3 is 5.97 Å². The first-order chi connectivity index (χ1) is 13.5. The van der Waals surface area contributed by atoms with Gasteiger partial charge < -0.3 is 9.64 Å². The van der Waals surface area contributed by atoms with E-state index in [0.29, 0.717) is 17.8 Å². The number of carbonyl (C=O) groups excluding carboxylic acids is 2. The highest BCUT2D eigenvalue weighted by Gasteiger charge is 2.17. The fraction of sp³-hybridized carbons (Fsp3) is 0.250. The number of aromatic nitrogens is 2. The predicted molar refractivity (Wildman–Crippen MR) is 101 cm³/mol. The number of carbonyl (C=O) groups is 2. The maximum atomic E-state index is 12.2. The molecule has 0 atom stereocenters. The van der Waals surface area contributed by atoms with Gasteiger partial charge in [-0.3, -0.25) is 9.48 Å². The van der Waals surface area contributed by atoms with Crippen molar-refractivity contribution in [2.24, 2.45) is 0 Å². The lowest BCUT2D eigenvalue weighted by atomic mass is 10.1. The Morgan fingerprint density at radius 2 is 1.96 bits per heavy atom. The van der Waals surface area contributed by atoms with Gasteiger partial charge in [0.15, 0.2) is 6.61 Å². The number of hydrogen-bond donors (Lipinski definition) is 0. The highest BCUT2D eigenvalue weighted by Crippen LogP contribution is 2.24. The number of benzene rings is 1. The zero-order chi connectivity index (χ0) is 20.5. The van der Waals surface area contributed by atoms with E-state index in [1.807, 2.05) is 30.3 Å². The molecule has 1 heterocycles. The summed E-state index contributed by atoms with van der Waals surface area (Å²) in [7, 11) is 3.08. The number of rotatable bonds is 7. The third kappa shape index (κ3) is 5.29. The summed E-state index contributed by atoms with van der Waals surface area (Å²) < 4.78 is 6.51.